The fourth-order valence-electron chi connectivity index (χ4n) is 2.31. The van der Waals surface area contributed by atoms with E-state index in [1.54, 1.807) is 24.3 Å². The van der Waals surface area contributed by atoms with Crippen LogP contribution < -0.4 is 9.47 Å². The van der Waals surface area contributed by atoms with Gasteiger partial charge < -0.3 is 9.47 Å². The van der Waals surface area contributed by atoms with E-state index in [9.17, 15) is 4.79 Å². The highest BCUT2D eigenvalue weighted by Crippen LogP contribution is 2.32. The van der Waals surface area contributed by atoms with Gasteiger partial charge in [0.2, 0.25) is 0 Å². The van der Waals surface area contributed by atoms with Gasteiger partial charge in [-0.05, 0) is 48.2 Å². The Kier molecular flexibility index (Phi) is 5.43. The van der Waals surface area contributed by atoms with Crippen molar-refractivity contribution in [3.8, 4) is 11.5 Å². The molecule has 2 aromatic rings. The molecule has 0 saturated carbocycles. The summed E-state index contributed by atoms with van der Waals surface area (Å²) < 4.78 is 11.5. The molecule has 0 fully saturated rings. The summed E-state index contributed by atoms with van der Waals surface area (Å²) in [5, 5.41) is 0. The monoisotopic (exact) mass is 312 g/mol. The molecule has 2 aromatic carbocycles. The fraction of sp³-hybridized carbons (Fsp3) is 0.350. The number of rotatable bonds is 6. The lowest BCUT2D eigenvalue weighted by molar-refractivity contribution is 0.112. The first-order chi connectivity index (χ1) is 10.9. The Labute approximate surface area is 138 Å². The topological polar surface area (TPSA) is 35.5 Å². The Bertz CT molecular complexity index is 652. The minimum absolute atomic E-state index is 0.0346. The third kappa shape index (κ3) is 4.85. The minimum Gasteiger partial charge on any atom is -0.490 e. The van der Waals surface area contributed by atoms with Crippen LogP contribution in [0.5, 0.6) is 11.5 Å². The second-order valence-electron chi connectivity index (χ2n) is 6.63. The summed E-state index contributed by atoms with van der Waals surface area (Å²) in [5.74, 6) is 1.64. The fourth-order valence-corrected chi connectivity index (χ4v) is 2.31. The molecule has 3 nitrogen and oxygen atoms in total. The summed E-state index contributed by atoms with van der Waals surface area (Å²) >= 11 is 0. The van der Waals surface area contributed by atoms with Gasteiger partial charge in [0, 0.05) is 5.56 Å². The molecule has 0 bridgehead atoms. The smallest absolute Gasteiger partial charge is 0.150 e. The highest BCUT2D eigenvalue weighted by atomic mass is 16.5. The standard InChI is InChI=1S/C20H24O3/c1-15-5-10-19(18(13-15)20(2,3)4)23-12-11-22-17-8-6-16(14-21)7-9-17/h5-10,13-14H,11-12H2,1-4H3. The van der Waals surface area contributed by atoms with Gasteiger partial charge in [-0.1, -0.05) is 38.5 Å². The number of aryl methyl sites for hydroxylation is 1. The summed E-state index contributed by atoms with van der Waals surface area (Å²) in [5.41, 5.74) is 3.11. The second-order valence-corrected chi connectivity index (χ2v) is 6.63. The number of aldehydes is 1. The number of carbonyl (C=O) groups is 1. The average Bonchev–Trinajstić information content (AvgIpc) is 2.52. The number of carbonyl (C=O) groups excluding carboxylic acids is 1. The molecule has 0 spiro atoms. The lowest BCUT2D eigenvalue weighted by Crippen LogP contribution is -2.16. The molecule has 0 N–H and O–H groups in total. The molecule has 0 aliphatic carbocycles. The molecule has 23 heavy (non-hydrogen) atoms. The van der Waals surface area contributed by atoms with Gasteiger partial charge in [-0.15, -0.1) is 0 Å². The Morgan fingerprint density at radius 1 is 0.957 bits per heavy atom. The van der Waals surface area contributed by atoms with Crippen molar-refractivity contribution in [1.29, 1.82) is 0 Å². The van der Waals surface area contributed by atoms with Gasteiger partial charge in [0.05, 0.1) is 0 Å². The van der Waals surface area contributed by atoms with Crippen molar-refractivity contribution < 1.29 is 14.3 Å². The number of hydrogen-bond acceptors (Lipinski definition) is 3. The van der Waals surface area contributed by atoms with Gasteiger partial charge in [0.25, 0.3) is 0 Å². The first-order valence-corrected chi connectivity index (χ1v) is 7.82. The van der Waals surface area contributed by atoms with E-state index in [0.717, 1.165) is 17.8 Å². The van der Waals surface area contributed by atoms with Crippen molar-refractivity contribution in [3.05, 3.63) is 59.2 Å². The average molecular weight is 312 g/mol. The molecule has 0 aliphatic rings. The maximum atomic E-state index is 10.6. The van der Waals surface area contributed by atoms with Crippen molar-refractivity contribution in [2.45, 2.75) is 33.1 Å². The first kappa shape index (κ1) is 17.1. The Hall–Kier alpha value is -2.29. The lowest BCUT2D eigenvalue weighted by Gasteiger charge is -2.23. The summed E-state index contributed by atoms with van der Waals surface area (Å²) in [6.07, 6.45) is 0.818. The van der Waals surface area contributed by atoms with Crippen molar-refractivity contribution in [2.24, 2.45) is 0 Å². The van der Waals surface area contributed by atoms with E-state index >= 15 is 0 Å². The molecule has 2 rings (SSSR count). The lowest BCUT2D eigenvalue weighted by atomic mass is 9.85. The molecule has 0 radical (unpaired) electrons. The van der Waals surface area contributed by atoms with Gasteiger partial charge in [-0.25, -0.2) is 0 Å². The van der Waals surface area contributed by atoms with Gasteiger partial charge in [-0.3, -0.25) is 4.79 Å². The van der Waals surface area contributed by atoms with Crippen LogP contribution in [0, 0.1) is 6.92 Å². The largest absolute Gasteiger partial charge is 0.490 e. The third-order valence-corrected chi connectivity index (χ3v) is 3.57. The molecule has 3 heteroatoms. The number of ether oxygens (including phenoxy) is 2. The van der Waals surface area contributed by atoms with Crippen molar-refractivity contribution in [3.63, 3.8) is 0 Å². The first-order valence-electron chi connectivity index (χ1n) is 7.82. The number of benzene rings is 2. The maximum Gasteiger partial charge on any atom is 0.150 e. The number of hydrogen-bond donors (Lipinski definition) is 0. The van der Waals surface area contributed by atoms with Crippen LogP contribution in [0.15, 0.2) is 42.5 Å². The van der Waals surface area contributed by atoms with E-state index in [2.05, 4.69) is 39.8 Å². The van der Waals surface area contributed by atoms with Gasteiger partial charge >= 0.3 is 0 Å². The maximum absolute atomic E-state index is 10.6. The Balaban J connectivity index is 1.92. The Morgan fingerprint density at radius 3 is 2.22 bits per heavy atom. The zero-order chi connectivity index (χ0) is 16.9. The van der Waals surface area contributed by atoms with Gasteiger partial charge in [0.15, 0.2) is 0 Å². The zero-order valence-corrected chi connectivity index (χ0v) is 14.3. The second kappa shape index (κ2) is 7.32. The summed E-state index contributed by atoms with van der Waals surface area (Å²) in [7, 11) is 0. The summed E-state index contributed by atoms with van der Waals surface area (Å²) in [6, 6.07) is 13.3. The van der Waals surface area contributed by atoms with Gasteiger partial charge in [-0.2, -0.15) is 0 Å². The van der Waals surface area contributed by atoms with Crippen molar-refractivity contribution in [2.75, 3.05) is 13.2 Å². The van der Waals surface area contributed by atoms with Crippen LogP contribution in [0.4, 0.5) is 0 Å². The summed E-state index contributed by atoms with van der Waals surface area (Å²) in [6.45, 7) is 9.56. The molecule has 0 heterocycles. The van der Waals surface area contributed by atoms with Crippen LogP contribution in [-0.4, -0.2) is 19.5 Å². The van der Waals surface area contributed by atoms with Crippen LogP contribution >= 0.6 is 0 Å². The van der Waals surface area contributed by atoms with E-state index < -0.39 is 0 Å². The minimum atomic E-state index is 0.0346. The highest BCUT2D eigenvalue weighted by Gasteiger charge is 2.19. The van der Waals surface area contributed by atoms with Crippen LogP contribution in [0.2, 0.25) is 0 Å². The molecule has 0 amide bonds. The van der Waals surface area contributed by atoms with Crippen LogP contribution in [-0.2, 0) is 5.41 Å². The Morgan fingerprint density at radius 2 is 1.61 bits per heavy atom. The molecular weight excluding hydrogens is 288 g/mol. The molecule has 122 valence electrons. The molecule has 0 aliphatic heterocycles. The highest BCUT2D eigenvalue weighted by molar-refractivity contribution is 5.74. The molecule has 0 atom stereocenters. The quantitative estimate of drug-likeness (QED) is 0.579. The summed E-state index contributed by atoms with van der Waals surface area (Å²) in [4.78, 5) is 10.6. The van der Waals surface area contributed by atoms with E-state index in [-0.39, 0.29) is 5.41 Å². The zero-order valence-electron chi connectivity index (χ0n) is 14.3. The van der Waals surface area contributed by atoms with Crippen LogP contribution in [0.25, 0.3) is 0 Å². The van der Waals surface area contributed by atoms with E-state index in [1.807, 2.05) is 6.07 Å². The van der Waals surface area contributed by atoms with Crippen LogP contribution in [0.1, 0.15) is 42.3 Å². The normalized spacial score (nSPS) is 11.1. The van der Waals surface area contributed by atoms with E-state index in [1.165, 1.54) is 11.1 Å². The third-order valence-electron chi connectivity index (χ3n) is 3.57. The van der Waals surface area contributed by atoms with Crippen molar-refractivity contribution >= 4 is 6.29 Å². The van der Waals surface area contributed by atoms with Crippen molar-refractivity contribution in [1.82, 2.24) is 0 Å². The van der Waals surface area contributed by atoms with Gasteiger partial charge in [0.1, 0.15) is 31.0 Å². The predicted octanol–water partition coefficient (Wildman–Crippen LogP) is 4.56. The van der Waals surface area contributed by atoms with E-state index in [4.69, 9.17) is 9.47 Å². The van der Waals surface area contributed by atoms with Crippen LogP contribution in [0.3, 0.4) is 0 Å². The SMILES string of the molecule is Cc1ccc(OCCOc2ccc(C=O)cc2)c(C(C)(C)C)c1. The van der Waals surface area contributed by atoms with E-state index in [0.29, 0.717) is 18.8 Å². The predicted molar refractivity (Wildman–Crippen MR) is 92.7 cm³/mol. The molecular formula is C20H24O3. The molecule has 0 aromatic heterocycles. The molecule has 0 unspecified atom stereocenters. The molecule has 0 saturated heterocycles.